The lowest BCUT2D eigenvalue weighted by Crippen LogP contribution is -2.14. The van der Waals surface area contributed by atoms with Crippen LogP contribution in [-0.2, 0) is 28.4 Å². The molecule has 0 saturated carbocycles. The molecule has 0 spiro atoms. The maximum atomic E-state index is 5.38. The highest BCUT2D eigenvalue weighted by molar-refractivity contribution is 14.1. The SMILES string of the molecule is BrCCOCCOCCOCCOCCOCCOCCI. The third kappa shape index (κ3) is 21.0. The van der Waals surface area contributed by atoms with Crippen molar-refractivity contribution in [3.63, 3.8) is 0 Å². The van der Waals surface area contributed by atoms with Crippen LogP contribution in [0.1, 0.15) is 0 Å². The third-order valence-electron chi connectivity index (χ3n) is 2.30. The Hall–Kier alpha value is 0.970. The monoisotopic (exact) mass is 498 g/mol. The van der Waals surface area contributed by atoms with E-state index in [9.17, 15) is 0 Å². The van der Waals surface area contributed by atoms with Crippen LogP contribution in [0.25, 0.3) is 0 Å². The molecule has 0 atom stereocenters. The fraction of sp³-hybridized carbons (Fsp3) is 1.00. The van der Waals surface area contributed by atoms with Gasteiger partial charge in [0.05, 0.1) is 79.3 Å². The molecule has 0 aromatic rings. The second-order valence-corrected chi connectivity index (χ2v) is 5.92. The summed E-state index contributed by atoms with van der Waals surface area (Å²) in [5.74, 6) is 0. The molecule has 8 heteroatoms. The van der Waals surface area contributed by atoms with Gasteiger partial charge in [0, 0.05) is 9.76 Å². The molecule has 6 nitrogen and oxygen atoms in total. The highest BCUT2D eigenvalue weighted by Crippen LogP contribution is 1.86. The average molecular weight is 499 g/mol. The van der Waals surface area contributed by atoms with Crippen molar-refractivity contribution >= 4 is 38.5 Å². The van der Waals surface area contributed by atoms with Crippen LogP contribution in [0, 0.1) is 0 Å². The standard InChI is InChI=1S/C14H28BrIO6/c15-1-3-17-5-7-19-9-11-21-13-14-22-12-10-20-8-6-18-4-2-16/h1-14H2. The van der Waals surface area contributed by atoms with Gasteiger partial charge in [0.1, 0.15) is 0 Å². The van der Waals surface area contributed by atoms with Gasteiger partial charge in [0.15, 0.2) is 0 Å². The molecule has 0 aliphatic carbocycles. The van der Waals surface area contributed by atoms with Crippen molar-refractivity contribution in [1.29, 1.82) is 0 Å². The summed E-state index contributed by atoms with van der Waals surface area (Å²) < 4.78 is 33.0. The maximum absolute atomic E-state index is 5.38. The summed E-state index contributed by atoms with van der Waals surface area (Å²) in [6.45, 7) is 7.46. The number of hydrogen-bond acceptors (Lipinski definition) is 6. The first kappa shape index (κ1) is 23.0. The van der Waals surface area contributed by atoms with Crippen LogP contribution >= 0.6 is 38.5 Å². The zero-order valence-corrected chi connectivity index (χ0v) is 16.8. The minimum absolute atomic E-state index is 0.572. The van der Waals surface area contributed by atoms with Gasteiger partial charge in [-0.3, -0.25) is 0 Å². The predicted octanol–water partition coefficient (Wildman–Crippen LogP) is 1.92. The average Bonchev–Trinajstić information content (AvgIpc) is 2.54. The largest absolute Gasteiger partial charge is 0.378 e. The first-order chi connectivity index (χ1) is 10.9. The molecule has 0 bridgehead atoms. The smallest absolute Gasteiger partial charge is 0.0701 e. The molecule has 0 amide bonds. The molecule has 0 radical (unpaired) electrons. The Morgan fingerprint density at radius 2 is 0.727 bits per heavy atom. The van der Waals surface area contributed by atoms with Gasteiger partial charge in [-0.1, -0.05) is 38.5 Å². The number of alkyl halides is 2. The van der Waals surface area contributed by atoms with Gasteiger partial charge in [0.2, 0.25) is 0 Å². The Bertz CT molecular complexity index is 182. The molecule has 0 saturated heterocycles. The number of halogens is 2. The maximum Gasteiger partial charge on any atom is 0.0701 e. The molecule has 0 aliphatic heterocycles. The molecule has 0 heterocycles. The zero-order chi connectivity index (χ0) is 16.1. The molecule has 0 fully saturated rings. The lowest BCUT2D eigenvalue weighted by Gasteiger charge is -2.07. The molecule has 0 aromatic carbocycles. The lowest BCUT2D eigenvalue weighted by molar-refractivity contribution is -0.0153. The van der Waals surface area contributed by atoms with Crippen molar-refractivity contribution in [2.24, 2.45) is 0 Å². The first-order valence-electron chi connectivity index (χ1n) is 7.50. The summed E-state index contributed by atoms with van der Waals surface area (Å²) in [5.41, 5.74) is 0. The molecule has 22 heavy (non-hydrogen) atoms. The van der Waals surface area contributed by atoms with Gasteiger partial charge < -0.3 is 28.4 Å². The Morgan fingerprint density at radius 3 is 1.00 bits per heavy atom. The highest BCUT2D eigenvalue weighted by atomic mass is 127. The molecular weight excluding hydrogens is 471 g/mol. The van der Waals surface area contributed by atoms with E-state index in [4.69, 9.17) is 28.4 Å². The third-order valence-corrected chi connectivity index (χ3v) is 3.07. The molecule has 0 rings (SSSR count). The topological polar surface area (TPSA) is 55.4 Å². The lowest BCUT2D eigenvalue weighted by atomic mass is 10.7. The van der Waals surface area contributed by atoms with Gasteiger partial charge in [-0.2, -0.15) is 0 Å². The van der Waals surface area contributed by atoms with E-state index in [2.05, 4.69) is 38.5 Å². The van der Waals surface area contributed by atoms with E-state index in [1.54, 1.807) is 0 Å². The minimum atomic E-state index is 0.572. The van der Waals surface area contributed by atoms with E-state index in [1.165, 1.54) is 0 Å². The molecule has 0 aliphatic rings. The van der Waals surface area contributed by atoms with E-state index in [0.717, 1.165) is 16.4 Å². The molecule has 134 valence electrons. The van der Waals surface area contributed by atoms with Crippen LogP contribution < -0.4 is 0 Å². The summed E-state index contributed by atoms with van der Waals surface area (Å²) >= 11 is 5.57. The fourth-order valence-electron chi connectivity index (χ4n) is 1.31. The van der Waals surface area contributed by atoms with Crippen molar-refractivity contribution in [2.75, 3.05) is 89.0 Å². The Balaban J connectivity index is 2.91. The molecule has 0 aromatic heterocycles. The van der Waals surface area contributed by atoms with Crippen LogP contribution in [-0.4, -0.2) is 89.0 Å². The normalized spacial score (nSPS) is 11.2. The summed E-state index contributed by atoms with van der Waals surface area (Å²) in [6.07, 6.45) is 0. The number of hydrogen-bond donors (Lipinski definition) is 0. The zero-order valence-electron chi connectivity index (χ0n) is 13.1. The van der Waals surface area contributed by atoms with Crippen LogP contribution in [0.2, 0.25) is 0 Å². The highest BCUT2D eigenvalue weighted by Gasteiger charge is 1.93. The quantitative estimate of drug-likeness (QED) is 0.154. The van der Waals surface area contributed by atoms with Crippen molar-refractivity contribution in [2.45, 2.75) is 0 Å². The van der Waals surface area contributed by atoms with Crippen LogP contribution in [0.3, 0.4) is 0 Å². The van der Waals surface area contributed by atoms with Gasteiger partial charge in [-0.25, -0.2) is 0 Å². The van der Waals surface area contributed by atoms with Crippen molar-refractivity contribution < 1.29 is 28.4 Å². The predicted molar refractivity (Wildman–Crippen MR) is 97.6 cm³/mol. The summed E-state index contributed by atoms with van der Waals surface area (Å²) in [4.78, 5) is 0. The first-order valence-corrected chi connectivity index (χ1v) is 10.1. The van der Waals surface area contributed by atoms with Gasteiger partial charge in [0.25, 0.3) is 0 Å². The Kier molecular flexibility index (Phi) is 22.9. The molecular formula is C14H28BrIO6. The summed E-state index contributed by atoms with van der Waals surface area (Å²) in [6, 6.07) is 0. The van der Waals surface area contributed by atoms with Crippen molar-refractivity contribution in [1.82, 2.24) is 0 Å². The second-order valence-electron chi connectivity index (χ2n) is 4.05. The van der Waals surface area contributed by atoms with Crippen molar-refractivity contribution in [3.05, 3.63) is 0 Å². The molecule has 0 unspecified atom stereocenters. The van der Waals surface area contributed by atoms with Crippen LogP contribution in [0.5, 0.6) is 0 Å². The summed E-state index contributed by atoms with van der Waals surface area (Å²) in [5, 5.41) is 0.855. The summed E-state index contributed by atoms with van der Waals surface area (Å²) in [7, 11) is 0. The fourth-order valence-corrected chi connectivity index (χ4v) is 1.85. The van der Waals surface area contributed by atoms with Crippen LogP contribution in [0.4, 0.5) is 0 Å². The van der Waals surface area contributed by atoms with Gasteiger partial charge in [-0.15, -0.1) is 0 Å². The minimum Gasteiger partial charge on any atom is -0.378 e. The Labute approximate surface area is 155 Å². The van der Waals surface area contributed by atoms with Crippen LogP contribution in [0.15, 0.2) is 0 Å². The van der Waals surface area contributed by atoms with E-state index >= 15 is 0 Å². The number of ether oxygens (including phenoxy) is 6. The van der Waals surface area contributed by atoms with Gasteiger partial charge >= 0.3 is 0 Å². The number of rotatable bonds is 19. The van der Waals surface area contributed by atoms with E-state index in [1.807, 2.05) is 0 Å². The van der Waals surface area contributed by atoms with Crippen molar-refractivity contribution in [3.8, 4) is 0 Å². The molecule has 0 N–H and O–H groups in total. The van der Waals surface area contributed by atoms with E-state index in [-0.39, 0.29) is 0 Å². The van der Waals surface area contributed by atoms with E-state index < -0.39 is 0 Å². The Morgan fingerprint density at radius 1 is 0.455 bits per heavy atom. The second kappa shape index (κ2) is 22.0. The van der Waals surface area contributed by atoms with Gasteiger partial charge in [-0.05, 0) is 0 Å². The van der Waals surface area contributed by atoms with E-state index in [0.29, 0.717) is 72.7 Å².